The van der Waals surface area contributed by atoms with Gasteiger partial charge in [-0.3, -0.25) is 10.0 Å². The third-order valence-electron chi connectivity index (χ3n) is 2.95. The van der Waals surface area contributed by atoms with E-state index in [-0.39, 0.29) is 5.91 Å². The summed E-state index contributed by atoms with van der Waals surface area (Å²) in [5.41, 5.74) is 2.51. The lowest BCUT2D eigenvalue weighted by Gasteiger charge is -2.04. The molecule has 0 aliphatic heterocycles. The molecule has 0 saturated heterocycles. The normalized spacial score (nSPS) is 11.6. The molecule has 0 aromatic rings. The lowest BCUT2D eigenvalue weighted by atomic mass is 10.0. The Kier molecular flexibility index (Phi) is 11.6. The van der Waals surface area contributed by atoms with Crippen LogP contribution in [0.3, 0.4) is 0 Å². The third-order valence-corrected chi connectivity index (χ3v) is 2.95. The van der Waals surface area contributed by atoms with Crippen LogP contribution in [0, 0.1) is 0 Å². The molecule has 5 heteroatoms. The molecule has 0 spiro atoms. The summed E-state index contributed by atoms with van der Waals surface area (Å²) in [4.78, 5) is 10.7. The minimum Gasteiger partial charge on any atom is -0.411 e. The van der Waals surface area contributed by atoms with Crippen LogP contribution in [0.15, 0.2) is 5.16 Å². The van der Waals surface area contributed by atoms with Gasteiger partial charge in [-0.1, -0.05) is 37.8 Å². The highest BCUT2D eigenvalue weighted by atomic mass is 16.5. The van der Waals surface area contributed by atoms with Gasteiger partial charge in [-0.25, -0.2) is 5.48 Å². The third kappa shape index (κ3) is 10.1. The predicted octanol–water partition coefficient (Wildman–Crippen LogP) is 3.24. The molecule has 0 fully saturated rings. The van der Waals surface area contributed by atoms with E-state index in [0.717, 1.165) is 50.7 Å². The van der Waals surface area contributed by atoms with Gasteiger partial charge < -0.3 is 5.21 Å². The van der Waals surface area contributed by atoms with Gasteiger partial charge in [-0.15, -0.1) is 0 Å². The topological polar surface area (TPSA) is 81.9 Å². The molecule has 0 aliphatic rings. The highest BCUT2D eigenvalue weighted by molar-refractivity contribution is 5.83. The molecule has 0 heterocycles. The molecule has 106 valence electrons. The molecule has 0 radical (unpaired) electrons. The molecule has 18 heavy (non-hydrogen) atoms. The molecule has 3 N–H and O–H groups in total. The first-order valence-electron chi connectivity index (χ1n) is 6.87. The van der Waals surface area contributed by atoms with Gasteiger partial charge in [0.15, 0.2) is 0 Å². The summed E-state index contributed by atoms with van der Waals surface area (Å²) in [5, 5.41) is 20.5. The molecule has 5 nitrogen and oxygen atoms in total. The molecule has 0 aliphatic carbocycles. The predicted molar refractivity (Wildman–Crippen MR) is 71.0 cm³/mol. The van der Waals surface area contributed by atoms with Crippen molar-refractivity contribution in [1.29, 1.82) is 0 Å². The second-order valence-electron chi connectivity index (χ2n) is 4.57. The number of hydrogen-bond acceptors (Lipinski definition) is 4. The van der Waals surface area contributed by atoms with Crippen LogP contribution in [0.1, 0.15) is 71.1 Å². The van der Waals surface area contributed by atoms with Crippen molar-refractivity contribution in [3.63, 3.8) is 0 Å². The summed E-state index contributed by atoms with van der Waals surface area (Å²) in [5.74, 6) is -0.327. The second-order valence-corrected chi connectivity index (χ2v) is 4.57. The SMILES string of the molecule is CCCCCC(CCCCCCC(=O)NO)=NO. The maximum atomic E-state index is 10.7. The maximum Gasteiger partial charge on any atom is 0.243 e. The quantitative estimate of drug-likeness (QED) is 0.175. The van der Waals surface area contributed by atoms with Gasteiger partial charge in [0.1, 0.15) is 0 Å². The van der Waals surface area contributed by atoms with E-state index < -0.39 is 0 Å². The molecule has 0 atom stereocenters. The summed E-state index contributed by atoms with van der Waals surface area (Å²) >= 11 is 0. The standard InChI is InChI=1S/C13H26N2O3/c1-2-3-6-9-12(14-17)10-7-4-5-8-11-13(16)15-18/h17-18H,2-11H2,1H3,(H,15,16). The number of nitrogens with one attached hydrogen (secondary N) is 1. The van der Waals surface area contributed by atoms with Gasteiger partial charge in [0.25, 0.3) is 0 Å². The van der Waals surface area contributed by atoms with Gasteiger partial charge in [0.2, 0.25) is 5.91 Å². The van der Waals surface area contributed by atoms with Crippen LogP contribution in [0.5, 0.6) is 0 Å². The zero-order valence-electron chi connectivity index (χ0n) is 11.3. The van der Waals surface area contributed by atoms with E-state index >= 15 is 0 Å². The Morgan fingerprint density at radius 3 is 2.06 bits per heavy atom. The summed E-state index contributed by atoms with van der Waals surface area (Å²) < 4.78 is 0. The highest BCUT2D eigenvalue weighted by Gasteiger charge is 2.02. The second kappa shape index (κ2) is 12.4. The molecule has 0 rings (SSSR count). The van der Waals surface area contributed by atoms with Gasteiger partial charge in [0, 0.05) is 6.42 Å². The largest absolute Gasteiger partial charge is 0.411 e. The van der Waals surface area contributed by atoms with E-state index in [1.807, 2.05) is 0 Å². The molecular weight excluding hydrogens is 232 g/mol. The molecule has 1 amide bonds. The lowest BCUT2D eigenvalue weighted by molar-refractivity contribution is -0.129. The van der Waals surface area contributed by atoms with Gasteiger partial charge >= 0.3 is 0 Å². The fourth-order valence-electron chi connectivity index (χ4n) is 1.83. The first-order valence-corrected chi connectivity index (χ1v) is 6.87. The van der Waals surface area contributed by atoms with Crippen molar-refractivity contribution in [2.75, 3.05) is 0 Å². The Morgan fingerprint density at radius 1 is 1.00 bits per heavy atom. The number of hydrogen-bond donors (Lipinski definition) is 3. The van der Waals surface area contributed by atoms with Crippen molar-refractivity contribution >= 4 is 11.6 Å². The Hall–Kier alpha value is -1.10. The lowest BCUT2D eigenvalue weighted by Crippen LogP contribution is -2.17. The summed E-state index contributed by atoms with van der Waals surface area (Å²) in [6.07, 6.45) is 9.29. The van der Waals surface area contributed by atoms with Crippen molar-refractivity contribution < 1.29 is 15.2 Å². The Morgan fingerprint density at radius 2 is 1.56 bits per heavy atom. The molecular formula is C13H26N2O3. The minimum absolute atomic E-state index is 0.327. The van der Waals surface area contributed by atoms with Crippen LogP contribution in [0.4, 0.5) is 0 Å². The molecule has 0 aromatic carbocycles. The van der Waals surface area contributed by atoms with E-state index in [4.69, 9.17) is 10.4 Å². The smallest absolute Gasteiger partial charge is 0.243 e. The highest BCUT2D eigenvalue weighted by Crippen LogP contribution is 2.10. The first-order chi connectivity index (χ1) is 8.74. The van der Waals surface area contributed by atoms with E-state index in [2.05, 4.69) is 12.1 Å². The van der Waals surface area contributed by atoms with Gasteiger partial charge in [-0.2, -0.15) is 0 Å². The molecule has 0 bridgehead atoms. The van der Waals surface area contributed by atoms with Crippen molar-refractivity contribution in [2.45, 2.75) is 71.1 Å². The fourth-order valence-corrected chi connectivity index (χ4v) is 1.83. The van der Waals surface area contributed by atoms with E-state index in [0.29, 0.717) is 6.42 Å². The van der Waals surface area contributed by atoms with Gasteiger partial charge in [0.05, 0.1) is 5.71 Å². The molecule has 0 aromatic heterocycles. The minimum atomic E-state index is -0.327. The number of hydroxylamine groups is 1. The van der Waals surface area contributed by atoms with Crippen LogP contribution in [0.25, 0.3) is 0 Å². The molecule has 0 unspecified atom stereocenters. The number of rotatable bonds is 11. The Balaban J connectivity index is 3.43. The Bertz CT molecular complexity index is 242. The van der Waals surface area contributed by atoms with Crippen LogP contribution in [-0.2, 0) is 4.79 Å². The summed E-state index contributed by atoms with van der Waals surface area (Å²) in [6, 6.07) is 0. The number of carbonyl (C=O) groups excluding carboxylic acids is 1. The molecule has 0 saturated carbocycles. The van der Waals surface area contributed by atoms with Gasteiger partial charge in [-0.05, 0) is 32.1 Å². The summed E-state index contributed by atoms with van der Waals surface area (Å²) in [7, 11) is 0. The number of unbranched alkanes of at least 4 members (excludes halogenated alkanes) is 5. The van der Waals surface area contributed by atoms with E-state index in [1.165, 1.54) is 12.8 Å². The fraction of sp³-hybridized carbons (Fsp3) is 0.846. The van der Waals surface area contributed by atoms with Crippen LogP contribution in [0.2, 0.25) is 0 Å². The average Bonchev–Trinajstić information content (AvgIpc) is 2.40. The maximum absolute atomic E-state index is 10.7. The van der Waals surface area contributed by atoms with E-state index in [9.17, 15) is 4.79 Å². The van der Waals surface area contributed by atoms with Crippen molar-refractivity contribution in [3.8, 4) is 0 Å². The first kappa shape index (κ1) is 16.9. The van der Waals surface area contributed by atoms with Crippen molar-refractivity contribution in [2.24, 2.45) is 5.16 Å². The van der Waals surface area contributed by atoms with Crippen LogP contribution >= 0.6 is 0 Å². The number of oxime groups is 1. The Labute approximate surface area is 109 Å². The van der Waals surface area contributed by atoms with Crippen LogP contribution < -0.4 is 5.48 Å². The van der Waals surface area contributed by atoms with E-state index in [1.54, 1.807) is 5.48 Å². The number of nitrogens with zero attached hydrogens (tertiary/aromatic N) is 1. The number of amides is 1. The zero-order valence-corrected chi connectivity index (χ0v) is 11.3. The van der Waals surface area contributed by atoms with Crippen molar-refractivity contribution in [3.05, 3.63) is 0 Å². The summed E-state index contributed by atoms with van der Waals surface area (Å²) in [6.45, 7) is 2.15. The zero-order chi connectivity index (χ0) is 13.6. The van der Waals surface area contributed by atoms with Crippen LogP contribution in [-0.4, -0.2) is 22.0 Å². The average molecular weight is 258 g/mol. The number of carbonyl (C=O) groups is 1. The van der Waals surface area contributed by atoms with Crippen molar-refractivity contribution in [1.82, 2.24) is 5.48 Å². The monoisotopic (exact) mass is 258 g/mol.